The van der Waals surface area contributed by atoms with Gasteiger partial charge in [-0.1, -0.05) is 11.6 Å². The molecule has 0 atom stereocenters. The molecule has 0 fully saturated rings. The van der Waals surface area contributed by atoms with E-state index in [9.17, 15) is 4.79 Å². The Morgan fingerprint density at radius 2 is 2.19 bits per heavy atom. The van der Waals surface area contributed by atoms with Crippen molar-refractivity contribution in [2.24, 2.45) is 0 Å². The summed E-state index contributed by atoms with van der Waals surface area (Å²) in [4.78, 5) is 11.4. The zero-order chi connectivity index (χ0) is 12.1. The molecule has 0 spiro atoms. The van der Waals surface area contributed by atoms with Crippen molar-refractivity contribution in [1.29, 1.82) is 0 Å². The maximum absolute atomic E-state index is 11.4. The first-order chi connectivity index (χ1) is 7.49. The Labute approximate surface area is 109 Å². The van der Waals surface area contributed by atoms with Gasteiger partial charge in [0.25, 0.3) is 0 Å². The topological polar surface area (TPSA) is 41.1 Å². The number of carbonyl (C=O) groups is 1. The lowest BCUT2D eigenvalue weighted by molar-refractivity contribution is -0.119. The summed E-state index contributed by atoms with van der Waals surface area (Å²) in [5, 5.41) is 6.49. The van der Waals surface area contributed by atoms with E-state index < -0.39 is 0 Å². The molecule has 3 nitrogen and oxygen atoms in total. The molecule has 0 aliphatic rings. The lowest BCUT2D eigenvalue weighted by Gasteiger charge is -2.11. The molecule has 0 saturated carbocycles. The van der Waals surface area contributed by atoms with Gasteiger partial charge in [0.15, 0.2) is 0 Å². The molecule has 16 heavy (non-hydrogen) atoms. The standard InChI is InChI=1S/C11H14BrClN2O/c1-7(2)15-11(16)6-14-10-4-3-8(13)5-9(10)12/h3-5,7,14H,6H2,1-2H3,(H,15,16). The van der Waals surface area contributed by atoms with Crippen LogP contribution in [0.5, 0.6) is 0 Å². The molecule has 1 amide bonds. The van der Waals surface area contributed by atoms with Crippen LogP contribution in [0.3, 0.4) is 0 Å². The van der Waals surface area contributed by atoms with E-state index in [1.807, 2.05) is 19.9 Å². The fourth-order valence-electron chi connectivity index (χ4n) is 1.18. The fourth-order valence-corrected chi connectivity index (χ4v) is 2.00. The van der Waals surface area contributed by atoms with E-state index in [0.29, 0.717) is 5.02 Å². The number of hydrogen-bond donors (Lipinski definition) is 2. The Morgan fingerprint density at radius 1 is 1.50 bits per heavy atom. The van der Waals surface area contributed by atoms with Crippen LogP contribution in [-0.4, -0.2) is 18.5 Å². The predicted molar refractivity (Wildman–Crippen MR) is 70.9 cm³/mol. The zero-order valence-corrected chi connectivity index (χ0v) is 11.5. The Hall–Kier alpha value is -0.740. The van der Waals surface area contributed by atoms with Crippen LogP contribution in [0.2, 0.25) is 5.02 Å². The van der Waals surface area contributed by atoms with Gasteiger partial charge in [-0.25, -0.2) is 0 Å². The first-order valence-corrected chi connectivity index (χ1v) is 6.14. The summed E-state index contributed by atoms with van der Waals surface area (Å²) in [6, 6.07) is 5.54. The Kier molecular flexibility index (Phi) is 5.09. The van der Waals surface area contributed by atoms with Gasteiger partial charge in [-0.2, -0.15) is 0 Å². The number of carbonyl (C=O) groups excluding carboxylic acids is 1. The molecule has 1 aromatic rings. The van der Waals surface area contributed by atoms with Crippen molar-refractivity contribution in [3.05, 3.63) is 27.7 Å². The van der Waals surface area contributed by atoms with Crippen molar-refractivity contribution in [1.82, 2.24) is 5.32 Å². The summed E-state index contributed by atoms with van der Waals surface area (Å²) in [6.45, 7) is 4.10. The molecule has 0 bridgehead atoms. The van der Waals surface area contributed by atoms with Crippen LogP contribution in [0.15, 0.2) is 22.7 Å². The SMILES string of the molecule is CC(C)NC(=O)CNc1ccc(Cl)cc1Br. The van der Waals surface area contributed by atoms with Crippen molar-refractivity contribution < 1.29 is 4.79 Å². The zero-order valence-electron chi connectivity index (χ0n) is 9.18. The summed E-state index contributed by atoms with van der Waals surface area (Å²) in [7, 11) is 0. The third-order valence-electron chi connectivity index (χ3n) is 1.82. The van der Waals surface area contributed by atoms with Crippen LogP contribution in [0.1, 0.15) is 13.8 Å². The van der Waals surface area contributed by atoms with Crippen molar-refractivity contribution in [2.45, 2.75) is 19.9 Å². The van der Waals surface area contributed by atoms with Gasteiger partial charge in [-0.15, -0.1) is 0 Å². The third-order valence-corrected chi connectivity index (χ3v) is 2.71. The summed E-state index contributed by atoms with van der Waals surface area (Å²) < 4.78 is 0.845. The van der Waals surface area contributed by atoms with Gasteiger partial charge >= 0.3 is 0 Å². The van der Waals surface area contributed by atoms with Crippen LogP contribution < -0.4 is 10.6 Å². The second kappa shape index (κ2) is 6.11. The molecular formula is C11H14BrClN2O. The Morgan fingerprint density at radius 3 is 2.75 bits per heavy atom. The van der Waals surface area contributed by atoms with E-state index in [1.165, 1.54) is 0 Å². The van der Waals surface area contributed by atoms with Crippen molar-refractivity contribution in [3.8, 4) is 0 Å². The van der Waals surface area contributed by atoms with Gasteiger partial charge in [0, 0.05) is 21.2 Å². The van der Waals surface area contributed by atoms with Gasteiger partial charge in [0.05, 0.1) is 6.54 Å². The molecule has 1 aromatic carbocycles. The number of nitrogens with one attached hydrogen (secondary N) is 2. The van der Waals surface area contributed by atoms with Crippen molar-refractivity contribution in [3.63, 3.8) is 0 Å². The van der Waals surface area contributed by atoms with Gasteiger partial charge in [-0.05, 0) is 48.0 Å². The van der Waals surface area contributed by atoms with E-state index in [1.54, 1.807) is 12.1 Å². The number of halogens is 2. The Balaban J connectivity index is 2.51. The minimum Gasteiger partial charge on any atom is -0.375 e. The van der Waals surface area contributed by atoms with E-state index in [4.69, 9.17) is 11.6 Å². The van der Waals surface area contributed by atoms with Gasteiger partial charge < -0.3 is 10.6 Å². The van der Waals surface area contributed by atoms with Crippen molar-refractivity contribution in [2.75, 3.05) is 11.9 Å². The molecule has 0 aliphatic heterocycles. The monoisotopic (exact) mass is 304 g/mol. The summed E-state index contributed by atoms with van der Waals surface area (Å²) in [5.74, 6) is -0.0307. The first-order valence-electron chi connectivity index (χ1n) is 4.97. The molecule has 0 unspecified atom stereocenters. The predicted octanol–water partition coefficient (Wildman–Crippen LogP) is 3.04. The van der Waals surface area contributed by atoms with Crippen molar-refractivity contribution >= 4 is 39.1 Å². The molecule has 0 aromatic heterocycles. The number of benzene rings is 1. The largest absolute Gasteiger partial charge is 0.375 e. The minimum atomic E-state index is -0.0307. The van der Waals surface area contributed by atoms with E-state index in [0.717, 1.165) is 10.2 Å². The van der Waals surface area contributed by atoms with Crippen LogP contribution in [0, 0.1) is 0 Å². The van der Waals surface area contributed by atoms with Gasteiger partial charge in [0.1, 0.15) is 0 Å². The summed E-state index contributed by atoms with van der Waals surface area (Å²) in [5.41, 5.74) is 0.850. The van der Waals surface area contributed by atoms with Crippen LogP contribution in [0.25, 0.3) is 0 Å². The number of anilines is 1. The summed E-state index contributed by atoms with van der Waals surface area (Å²) in [6.07, 6.45) is 0. The minimum absolute atomic E-state index is 0.0307. The molecule has 0 radical (unpaired) electrons. The number of rotatable bonds is 4. The molecule has 0 aliphatic carbocycles. The average molecular weight is 306 g/mol. The molecule has 2 N–H and O–H groups in total. The highest BCUT2D eigenvalue weighted by molar-refractivity contribution is 9.10. The normalized spacial score (nSPS) is 10.3. The molecule has 1 rings (SSSR count). The smallest absolute Gasteiger partial charge is 0.239 e. The lowest BCUT2D eigenvalue weighted by Crippen LogP contribution is -2.34. The van der Waals surface area contributed by atoms with Crippen LogP contribution in [0.4, 0.5) is 5.69 Å². The van der Waals surface area contributed by atoms with E-state index in [-0.39, 0.29) is 18.5 Å². The highest BCUT2D eigenvalue weighted by Crippen LogP contribution is 2.25. The second-order valence-corrected chi connectivity index (χ2v) is 4.99. The molecule has 88 valence electrons. The molecular weight excluding hydrogens is 291 g/mol. The first kappa shape index (κ1) is 13.3. The van der Waals surface area contributed by atoms with Gasteiger partial charge in [-0.3, -0.25) is 4.79 Å². The fraction of sp³-hybridized carbons (Fsp3) is 0.364. The maximum Gasteiger partial charge on any atom is 0.239 e. The average Bonchev–Trinajstić information content (AvgIpc) is 2.15. The van der Waals surface area contributed by atoms with Crippen LogP contribution in [-0.2, 0) is 4.79 Å². The summed E-state index contributed by atoms with van der Waals surface area (Å²) >= 11 is 9.18. The Bertz CT molecular complexity index is 382. The lowest BCUT2D eigenvalue weighted by atomic mass is 10.3. The van der Waals surface area contributed by atoms with Crippen LogP contribution >= 0.6 is 27.5 Å². The molecule has 5 heteroatoms. The van der Waals surface area contributed by atoms with Gasteiger partial charge in [0.2, 0.25) is 5.91 Å². The second-order valence-electron chi connectivity index (χ2n) is 3.70. The number of amides is 1. The number of hydrogen-bond acceptors (Lipinski definition) is 2. The molecule has 0 saturated heterocycles. The van der Waals surface area contributed by atoms with E-state index >= 15 is 0 Å². The van der Waals surface area contributed by atoms with E-state index in [2.05, 4.69) is 26.6 Å². The quantitative estimate of drug-likeness (QED) is 0.898. The highest BCUT2D eigenvalue weighted by atomic mass is 79.9. The molecule has 0 heterocycles. The highest BCUT2D eigenvalue weighted by Gasteiger charge is 2.04. The maximum atomic E-state index is 11.4. The third kappa shape index (κ3) is 4.41.